The molecule has 100 valence electrons. The fourth-order valence-electron chi connectivity index (χ4n) is 1.86. The lowest BCUT2D eigenvalue weighted by atomic mass is 10.3. The number of nitrogens with one attached hydrogen (secondary N) is 2. The molecule has 0 unspecified atom stereocenters. The third kappa shape index (κ3) is 7.31. The molecule has 0 spiro atoms. The minimum Gasteiger partial charge on any atom is -0.382 e. The van der Waals surface area contributed by atoms with Gasteiger partial charge in [0.15, 0.2) is 0 Å². The Labute approximate surface area is 104 Å². The first-order chi connectivity index (χ1) is 8.33. The summed E-state index contributed by atoms with van der Waals surface area (Å²) in [6, 6.07) is 0. The molecule has 0 atom stereocenters. The lowest BCUT2D eigenvalue weighted by Gasteiger charge is -2.27. The molecule has 0 aromatic carbocycles. The van der Waals surface area contributed by atoms with E-state index in [4.69, 9.17) is 4.74 Å². The van der Waals surface area contributed by atoms with Crippen molar-refractivity contribution in [3.05, 3.63) is 0 Å². The maximum atomic E-state index is 11.5. The first-order valence-corrected chi connectivity index (χ1v) is 6.60. The highest BCUT2D eigenvalue weighted by Crippen LogP contribution is 1.92. The molecule has 0 aromatic rings. The summed E-state index contributed by atoms with van der Waals surface area (Å²) in [5, 5.41) is 6.26. The number of piperazine rings is 1. The maximum absolute atomic E-state index is 11.5. The molecule has 1 aliphatic heterocycles. The second kappa shape index (κ2) is 9.39. The van der Waals surface area contributed by atoms with Crippen LogP contribution in [-0.2, 0) is 9.53 Å². The molecule has 17 heavy (non-hydrogen) atoms. The zero-order valence-corrected chi connectivity index (χ0v) is 10.8. The average molecular weight is 243 g/mol. The molecule has 0 aliphatic carbocycles. The van der Waals surface area contributed by atoms with Crippen LogP contribution in [0.25, 0.3) is 0 Å². The van der Waals surface area contributed by atoms with Crippen LogP contribution in [0.1, 0.15) is 19.8 Å². The molecule has 1 amide bonds. The van der Waals surface area contributed by atoms with E-state index in [2.05, 4.69) is 15.5 Å². The molecule has 1 heterocycles. The molecule has 0 aromatic heterocycles. The number of carbonyl (C=O) groups excluding carboxylic acids is 1. The Bertz CT molecular complexity index is 206. The van der Waals surface area contributed by atoms with Gasteiger partial charge in [0.25, 0.3) is 0 Å². The van der Waals surface area contributed by atoms with Crippen LogP contribution in [-0.4, -0.2) is 63.3 Å². The third-order valence-corrected chi connectivity index (χ3v) is 2.86. The maximum Gasteiger partial charge on any atom is 0.220 e. The normalized spacial score (nSPS) is 17.0. The SMILES string of the molecule is CCOCCCC(=O)NCCN1CCNCC1. The van der Waals surface area contributed by atoms with E-state index in [1.165, 1.54) is 0 Å². The van der Waals surface area contributed by atoms with Crippen molar-refractivity contribution >= 4 is 5.91 Å². The van der Waals surface area contributed by atoms with E-state index in [9.17, 15) is 4.79 Å². The lowest BCUT2D eigenvalue weighted by Crippen LogP contribution is -2.46. The first-order valence-electron chi connectivity index (χ1n) is 6.60. The molecule has 5 heteroatoms. The summed E-state index contributed by atoms with van der Waals surface area (Å²) < 4.78 is 5.19. The summed E-state index contributed by atoms with van der Waals surface area (Å²) >= 11 is 0. The largest absolute Gasteiger partial charge is 0.382 e. The second-order valence-electron chi connectivity index (χ2n) is 4.24. The number of amides is 1. The first kappa shape index (κ1) is 14.4. The van der Waals surface area contributed by atoms with Crippen molar-refractivity contribution in [3.63, 3.8) is 0 Å². The van der Waals surface area contributed by atoms with Crippen molar-refractivity contribution in [2.75, 3.05) is 52.5 Å². The van der Waals surface area contributed by atoms with Crippen molar-refractivity contribution in [3.8, 4) is 0 Å². The van der Waals surface area contributed by atoms with Crippen molar-refractivity contribution in [2.24, 2.45) is 0 Å². The molecule has 5 nitrogen and oxygen atoms in total. The monoisotopic (exact) mass is 243 g/mol. The van der Waals surface area contributed by atoms with E-state index >= 15 is 0 Å². The van der Waals surface area contributed by atoms with E-state index in [-0.39, 0.29) is 5.91 Å². The topological polar surface area (TPSA) is 53.6 Å². The van der Waals surface area contributed by atoms with E-state index in [1.807, 2.05) is 6.92 Å². The molecular formula is C12H25N3O2. The minimum atomic E-state index is 0.139. The molecule has 0 saturated carbocycles. The number of hydrogen-bond donors (Lipinski definition) is 2. The van der Waals surface area contributed by atoms with Gasteiger partial charge in [0.05, 0.1) is 0 Å². The Morgan fingerprint density at radius 3 is 2.88 bits per heavy atom. The molecular weight excluding hydrogens is 218 g/mol. The van der Waals surface area contributed by atoms with Gasteiger partial charge >= 0.3 is 0 Å². The quantitative estimate of drug-likeness (QED) is 0.581. The summed E-state index contributed by atoms with van der Waals surface area (Å²) in [6.45, 7) is 9.37. The van der Waals surface area contributed by atoms with E-state index in [0.717, 1.165) is 52.3 Å². The van der Waals surface area contributed by atoms with Crippen LogP contribution < -0.4 is 10.6 Å². The molecule has 0 radical (unpaired) electrons. The highest BCUT2D eigenvalue weighted by molar-refractivity contribution is 5.75. The molecule has 1 fully saturated rings. The molecule has 0 bridgehead atoms. The van der Waals surface area contributed by atoms with Crippen molar-refractivity contribution in [1.82, 2.24) is 15.5 Å². The summed E-state index contributed by atoms with van der Waals surface area (Å²) in [5.41, 5.74) is 0. The molecule has 2 N–H and O–H groups in total. The lowest BCUT2D eigenvalue weighted by molar-refractivity contribution is -0.121. The van der Waals surface area contributed by atoms with Gasteiger partial charge in [-0.2, -0.15) is 0 Å². The summed E-state index contributed by atoms with van der Waals surface area (Å²) in [6.07, 6.45) is 1.38. The summed E-state index contributed by atoms with van der Waals surface area (Å²) in [7, 11) is 0. The predicted octanol–water partition coefficient (Wildman–Crippen LogP) is -0.175. The van der Waals surface area contributed by atoms with Gasteiger partial charge in [-0.25, -0.2) is 0 Å². The Morgan fingerprint density at radius 1 is 1.41 bits per heavy atom. The summed E-state index contributed by atoms with van der Waals surface area (Å²) in [4.78, 5) is 13.8. The Balaban J connectivity index is 1.92. The average Bonchev–Trinajstić information content (AvgIpc) is 2.36. The molecule has 1 rings (SSSR count). The molecule has 1 saturated heterocycles. The van der Waals surface area contributed by atoms with Crippen LogP contribution in [0, 0.1) is 0 Å². The minimum absolute atomic E-state index is 0.139. The van der Waals surface area contributed by atoms with Crippen LogP contribution in [0.2, 0.25) is 0 Å². The zero-order valence-electron chi connectivity index (χ0n) is 10.8. The highest BCUT2D eigenvalue weighted by atomic mass is 16.5. The van der Waals surface area contributed by atoms with E-state index in [0.29, 0.717) is 13.0 Å². The van der Waals surface area contributed by atoms with Gasteiger partial charge in [0.2, 0.25) is 5.91 Å². The van der Waals surface area contributed by atoms with Gasteiger partial charge in [0.1, 0.15) is 0 Å². The van der Waals surface area contributed by atoms with Crippen LogP contribution in [0.15, 0.2) is 0 Å². The standard InChI is InChI=1S/C12H25N3O2/c1-2-17-11-3-4-12(16)14-7-10-15-8-5-13-6-9-15/h13H,2-11H2,1H3,(H,14,16). The van der Waals surface area contributed by atoms with Crippen LogP contribution in [0.3, 0.4) is 0 Å². The Kier molecular flexibility index (Phi) is 7.96. The number of ether oxygens (including phenoxy) is 1. The summed E-state index contributed by atoms with van der Waals surface area (Å²) in [5.74, 6) is 0.139. The van der Waals surface area contributed by atoms with Crippen molar-refractivity contribution in [2.45, 2.75) is 19.8 Å². The van der Waals surface area contributed by atoms with Gasteiger partial charge in [-0.15, -0.1) is 0 Å². The van der Waals surface area contributed by atoms with E-state index in [1.54, 1.807) is 0 Å². The van der Waals surface area contributed by atoms with Gasteiger partial charge in [-0.05, 0) is 13.3 Å². The predicted molar refractivity (Wildman–Crippen MR) is 68.0 cm³/mol. The second-order valence-corrected chi connectivity index (χ2v) is 4.24. The van der Waals surface area contributed by atoms with Gasteiger partial charge in [0, 0.05) is 58.9 Å². The fraction of sp³-hybridized carbons (Fsp3) is 0.917. The van der Waals surface area contributed by atoms with Crippen molar-refractivity contribution in [1.29, 1.82) is 0 Å². The number of hydrogen-bond acceptors (Lipinski definition) is 4. The van der Waals surface area contributed by atoms with Gasteiger partial charge < -0.3 is 15.4 Å². The molecule has 1 aliphatic rings. The smallest absolute Gasteiger partial charge is 0.220 e. The Hall–Kier alpha value is -0.650. The van der Waals surface area contributed by atoms with E-state index < -0.39 is 0 Å². The Morgan fingerprint density at radius 2 is 2.18 bits per heavy atom. The number of nitrogens with zero attached hydrogens (tertiary/aromatic N) is 1. The third-order valence-electron chi connectivity index (χ3n) is 2.86. The van der Waals surface area contributed by atoms with Crippen molar-refractivity contribution < 1.29 is 9.53 Å². The number of rotatable bonds is 8. The van der Waals surface area contributed by atoms with Crippen LogP contribution in [0.4, 0.5) is 0 Å². The van der Waals surface area contributed by atoms with Gasteiger partial charge in [-0.1, -0.05) is 0 Å². The van der Waals surface area contributed by atoms with Gasteiger partial charge in [-0.3, -0.25) is 9.69 Å². The zero-order chi connectivity index (χ0) is 12.3. The highest BCUT2D eigenvalue weighted by Gasteiger charge is 2.09. The number of carbonyl (C=O) groups is 1. The fourth-order valence-corrected chi connectivity index (χ4v) is 1.86. The van der Waals surface area contributed by atoms with Crippen LogP contribution >= 0.6 is 0 Å². The van der Waals surface area contributed by atoms with Crippen LogP contribution in [0.5, 0.6) is 0 Å².